The van der Waals surface area contributed by atoms with E-state index in [0.29, 0.717) is 19.4 Å². The summed E-state index contributed by atoms with van der Waals surface area (Å²) in [6.07, 6.45) is 4.37. The molecular weight excluding hydrogens is 266 g/mol. The van der Waals surface area contributed by atoms with Crippen LogP contribution in [0, 0.1) is 0 Å². The lowest BCUT2D eigenvalue weighted by Gasteiger charge is -2.23. The molecule has 3 N–H and O–H groups in total. The molecule has 2 heterocycles. The highest BCUT2D eigenvalue weighted by molar-refractivity contribution is 7.89. The second-order valence-electron chi connectivity index (χ2n) is 4.68. The summed E-state index contributed by atoms with van der Waals surface area (Å²) >= 11 is 0. The van der Waals surface area contributed by atoms with Gasteiger partial charge in [0.25, 0.3) is 10.0 Å². The fraction of sp³-hybridized carbons (Fsp3) is 0.583. The Morgan fingerprint density at radius 1 is 1.53 bits per heavy atom. The number of aromatic nitrogens is 1. The van der Waals surface area contributed by atoms with Gasteiger partial charge in [-0.3, -0.25) is 0 Å². The lowest BCUT2D eigenvalue weighted by molar-refractivity contribution is 0.264. The van der Waals surface area contributed by atoms with Crippen molar-refractivity contribution in [3.63, 3.8) is 0 Å². The van der Waals surface area contributed by atoms with Crippen LogP contribution in [-0.2, 0) is 10.0 Å². The number of sulfonamides is 1. The van der Waals surface area contributed by atoms with Crippen molar-refractivity contribution in [1.82, 2.24) is 9.29 Å². The fourth-order valence-corrected chi connectivity index (χ4v) is 4.23. The second-order valence-corrected chi connectivity index (χ2v) is 6.48. The molecule has 0 bridgehead atoms. The molecule has 1 fully saturated rings. The van der Waals surface area contributed by atoms with Crippen molar-refractivity contribution in [2.75, 3.05) is 18.9 Å². The smallest absolute Gasteiger partial charge is 0.262 e. The van der Waals surface area contributed by atoms with Crippen LogP contribution in [0.2, 0.25) is 0 Å². The molecule has 1 unspecified atom stereocenters. The van der Waals surface area contributed by atoms with Crippen LogP contribution in [0.25, 0.3) is 0 Å². The maximum atomic E-state index is 12.5. The number of nitrogens with two attached hydrogens (primary N) is 1. The zero-order valence-corrected chi connectivity index (χ0v) is 11.5. The number of pyridine rings is 1. The van der Waals surface area contributed by atoms with Crippen molar-refractivity contribution in [3.8, 4) is 0 Å². The molecule has 19 heavy (non-hydrogen) atoms. The molecule has 1 aromatic rings. The Kier molecular flexibility index (Phi) is 4.38. The highest BCUT2D eigenvalue weighted by Crippen LogP contribution is 2.29. The molecule has 0 amide bonds. The first-order valence-corrected chi connectivity index (χ1v) is 7.84. The molecule has 0 spiro atoms. The summed E-state index contributed by atoms with van der Waals surface area (Å²) in [6, 6.07) is 3.10. The molecule has 1 aliphatic rings. The van der Waals surface area contributed by atoms with Gasteiger partial charge in [-0.2, -0.15) is 4.31 Å². The summed E-state index contributed by atoms with van der Waals surface area (Å²) in [5.41, 5.74) is 5.89. The highest BCUT2D eigenvalue weighted by atomic mass is 32.2. The number of nitrogens with zero attached hydrogens (tertiary/aromatic N) is 2. The monoisotopic (exact) mass is 285 g/mol. The Hall–Kier alpha value is -1.18. The number of aliphatic hydroxyl groups is 1. The van der Waals surface area contributed by atoms with Crippen molar-refractivity contribution in [1.29, 1.82) is 0 Å². The average molecular weight is 285 g/mol. The van der Waals surface area contributed by atoms with E-state index in [9.17, 15) is 8.42 Å². The Morgan fingerprint density at radius 2 is 2.32 bits per heavy atom. The minimum absolute atomic E-state index is 0.0569. The number of anilines is 1. The summed E-state index contributed by atoms with van der Waals surface area (Å²) in [6.45, 7) is 0.574. The van der Waals surface area contributed by atoms with Crippen molar-refractivity contribution in [2.24, 2.45) is 0 Å². The van der Waals surface area contributed by atoms with Gasteiger partial charge in [0, 0.05) is 25.4 Å². The Morgan fingerprint density at radius 3 is 3.00 bits per heavy atom. The van der Waals surface area contributed by atoms with Crippen LogP contribution in [-0.4, -0.2) is 42.0 Å². The molecule has 1 saturated heterocycles. The van der Waals surface area contributed by atoms with Crippen LogP contribution < -0.4 is 5.73 Å². The van der Waals surface area contributed by atoms with Crippen molar-refractivity contribution >= 4 is 15.7 Å². The van der Waals surface area contributed by atoms with Gasteiger partial charge in [0.05, 0.1) is 5.69 Å². The Bertz CT molecular complexity index is 533. The van der Waals surface area contributed by atoms with Gasteiger partial charge in [0.1, 0.15) is 0 Å². The van der Waals surface area contributed by atoms with E-state index in [2.05, 4.69) is 4.98 Å². The molecular formula is C12H19N3O3S. The van der Waals surface area contributed by atoms with Crippen LogP contribution in [0.4, 0.5) is 5.69 Å². The van der Waals surface area contributed by atoms with E-state index in [0.717, 1.165) is 12.8 Å². The fourth-order valence-electron chi connectivity index (χ4n) is 2.47. The number of aliphatic hydroxyl groups excluding tert-OH is 1. The van der Waals surface area contributed by atoms with Gasteiger partial charge >= 0.3 is 0 Å². The van der Waals surface area contributed by atoms with Crippen LogP contribution in [0.15, 0.2) is 23.4 Å². The number of rotatable bonds is 5. The predicted octanol–water partition coefficient (Wildman–Crippen LogP) is 0.589. The topological polar surface area (TPSA) is 96.5 Å². The van der Waals surface area contributed by atoms with Gasteiger partial charge < -0.3 is 10.8 Å². The zero-order valence-electron chi connectivity index (χ0n) is 10.7. The first kappa shape index (κ1) is 14.2. The average Bonchev–Trinajstić information content (AvgIpc) is 2.85. The summed E-state index contributed by atoms with van der Waals surface area (Å²) in [4.78, 5) is 3.91. The van der Waals surface area contributed by atoms with E-state index in [1.54, 1.807) is 12.1 Å². The molecule has 106 valence electrons. The maximum absolute atomic E-state index is 12.5. The summed E-state index contributed by atoms with van der Waals surface area (Å²) in [5, 5.41) is 8.81. The van der Waals surface area contributed by atoms with Gasteiger partial charge in [-0.25, -0.2) is 13.4 Å². The molecule has 1 aromatic heterocycles. The van der Waals surface area contributed by atoms with Gasteiger partial charge in [-0.15, -0.1) is 0 Å². The quantitative estimate of drug-likeness (QED) is 0.825. The van der Waals surface area contributed by atoms with E-state index in [1.165, 1.54) is 10.5 Å². The van der Waals surface area contributed by atoms with Gasteiger partial charge in [-0.05, 0) is 37.8 Å². The third-order valence-electron chi connectivity index (χ3n) is 3.37. The van der Waals surface area contributed by atoms with Crippen LogP contribution >= 0.6 is 0 Å². The predicted molar refractivity (Wildman–Crippen MR) is 71.9 cm³/mol. The lowest BCUT2D eigenvalue weighted by Crippen LogP contribution is -2.36. The third-order valence-corrected chi connectivity index (χ3v) is 5.30. The van der Waals surface area contributed by atoms with E-state index >= 15 is 0 Å². The molecule has 6 nitrogen and oxygen atoms in total. The normalized spacial score (nSPS) is 20.8. The first-order chi connectivity index (χ1) is 9.07. The zero-order chi connectivity index (χ0) is 13.9. The lowest BCUT2D eigenvalue weighted by atomic mass is 10.1. The summed E-state index contributed by atoms with van der Waals surface area (Å²) in [7, 11) is -3.63. The van der Waals surface area contributed by atoms with E-state index in [4.69, 9.17) is 10.8 Å². The minimum atomic E-state index is -3.63. The number of hydrogen-bond acceptors (Lipinski definition) is 5. The highest BCUT2D eigenvalue weighted by Gasteiger charge is 2.36. The molecule has 2 rings (SSSR count). The van der Waals surface area contributed by atoms with Crippen molar-refractivity contribution in [3.05, 3.63) is 18.3 Å². The summed E-state index contributed by atoms with van der Waals surface area (Å²) in [5.74, 6) is 0. The second kappa shape index (κ2) is 5.85. The van der Waals surface area contributed by atoms with Crippen LogP contribution in [0.3, 0.4) is 0 Å². The molecule has 0 saturated carbocycles. The van der Waals surface area contributed by atoms with Gasteiger partial charge in [-0.1, -0.05) is 0 Å². The summed E-state index contributed by atoms with van der Waals surface area (Å²) < 4.78 is 26.6. The van der Waals surface area contributed by atoms with Crippen molar-refractivity contribution in [2.45, 2.75) is 36.8 Å². The van der Waals surface area contributed by atoms with E-state index in [1.807, 2.05) is 0 Å². The number of hydrogen-bond donors (Lipinski definition) is 2. The van der Waals surface area contributed by atoms with Crippen LogP contribution in [0.5, 0.6) is 0 Å². The van der Waals surface area contributed by atoms with Crippen LogP contribution in [0.1, 0.15) is 25.7 Å². The van der Waals surface area contributed by atoms with Gasteiger partial charge in [0.2, 0.25) is 0 Å². The molecule has 7 heteroatoms. The van der Waals surface area contributed by atoms with Gasteiger partial charge in [0.15, 0.2) is 5.03 Å². The van der Waals surface area contributed by atoms with E-state index < -0.39 is 10.0 Å². The largest absolute Gasteiger partial charge is 0.396 e. The minimum Gasteiger partial charge on any atom is -0.396 e. The Balaban J connectivity index is 2.26. The third kappa shape index (κ3) is 2.88. The molecule has 0 aliphatic carbocycles. The first-order valence-electron chi connectivity index (χ1n) is 6.40. The SMILES string of the molecule is Nc1cccnc1S(=O)(=O)N1CCCC1CCCO. The number of nitrogen functional groups attached to an aromatic ring is 1. The molecule has 1 atom stereocenters. The molecule has 1 aliphatic heterocycles. The maximum Gasteiger partial charge on any atom is 0.262 e. The molecule has 0 radical (unpaired) electrons. The standard InChI is InChI=1S/C12H19N3O3S/c13-11-6-1-7-14-12(11)19(17,18)15-8-2-4-10(15)5-3-9-16/h1,6-7,10,16H,2-5,8-9,13H2. The van der Waals surface area contributed by atoms with E-state index in [-0.39, 0.29) is 23.4 Å². The Labute approximate surface area is 113 Å². The van der Waals surface area contributed by atoms with Crippen molar-refractivity contribution < 1.29 is 13.5 Å². The molecule has 0 aromatic carbocycles.